The topological polar surface area (TPSA) is 76.4 Å². The van der Waals surface area contributed by atoms with Gasteiger partial charge in [0.1, 0.15) is 11.9 Å². The second-order valence-corrected chi connectivity index (χ2v) is 9.01. The monoisotopic (exact) mass is 495 g/mol. The van der Waals surface area contributed by atoms with E-state index in [4.69, 9.17) is 4.74 Å². The number of aromatic nitrogens is 2. The predicted octanol–water partition coefficient (Wildman–Crippen LogP) is 4.72. The van der Waals surface area contributed by atoms with Gasteiger partial charge in [0, 0.05) is 11.8 Å². The molecule has 1 saturated carbocycles. The summed E-state index contributed by atoms with van der Waals surface area (Å²) in [6, 6.07) is 22.1. The van der Waals surface area contributed by atoms with Crippen LogP contribution in [0.5, 0.6) is 5.75 Å². The van der Waals surface area contributed by atoms with Crippen LogP contribution in [-0.2, 0) is 17.8 Å². The molecule has 1 fully saturated rings. The van der Waals surface area contributed by atoms with E-state index < -0.39 is 23.7 Å². The van der Waals surface area contributed by atoms with Gasteiger partial charge in [-0.2, -0.15) is 18.3 Å². The molecule has 0 aliphatic heterocycles. The number of carbonyl (C=O) groups is 1. The number of ether oxygens (including phenoxy) is 1. The first-order valence-electron chi connectivity index (χ1n) is 11.6. The van der Waals surface area contributed by atoms with Crippen LogP contribution < -0.4 is 10.1 Å². The number of alkyl halides is 3. The lowest BCUT2D eigenvalue weighted by Crippen LogP contribution is -2.53. The number of fused-ring (bicyclic) bond motifs is 1. The van der Waals surface area contributed by atoms with Gasteiger partial charge in [0.15, 0.2) is 0 Å². The molecule has 1 amide bonds. The highest BCUT2D eigenvalue weighted by atomic mass is 19.4. The Morgan fingerprint density at radius 2 is 1.81 bits per heavy atom. The Kier molecular flexibility index (Phi) is 6.17. The van der Waals surface area contributed by atoms with E-state index in [1.165, 1.54) is 0 Å². The van der Waals surface area contributed by atoms with Crippen LogP contribution in [0.4, 0.5) is 13.2 Å². The summed E-state index contributed by atoms with van der Waals surface area (Å²) >= 11 is 0. The number of nitrogens with one attached hydrogen (secondary N) is 1. The van der Waals surface area contributed by atoms with Crippen molar-refractivity contribution in [3.05, 3.63) is 90.1 Å². The second-order valence-electron chi connectivity index (χ2n) is 9.01. The Balaban J connectivity index is 1.43. The molecule has 1 atom stereocenters. The Bertz CT molecular complexity index is 1380. The van der Waals surface area contributed by atoms with E-state index in [1.54, 1.807) is 23.0 Å². The van der Waals surface area contributed by atoms with Gasteiger partial charge in [-0.3, -0.25) is 4.79 Å². The highest BCUT2D eigenvalue weighted by Crippen LogP contribution is 2.43. The maximum atomic E-state index is 13.0. The van der Waals surface area contributed by atoms with Gasteiger partial charge in [-0.15, -0.1) is 0 Å². The summed E-state index contributed by atoms with van der Waals surface area (Å²) in [5, 5.41) is 16.9. The van der Waals surface area contributed by atoms with E-state index in [0.717, 1.165) is 27.7 Å². The second kappa shape index (κ2) is 9.31. The maximum absolute atomic E-state index is 13.0. The van der Waals surface area contributed by atoms with Crippen LogP contribution in [0.25, 0.3) is 16.6 Å². The fourth-order valence-electron chi connectivity index (χ4n) is 4.38. The van der Waals surface area contributed by atoms with Crippen molar-refractivity contribution < 1.29 is 27.8 Å². The Morgan fingerprint density at radius 1 is 1.06 bits per heavy atom. The number of hydrogen-bond donors (Lipinski definition) is 2. The van der Waals surface area contributed by atoms with Crippen LogP contribution in [0.1, 0.15) is 24.0 Å². The van der Waals surface area contributed by atoms with Crippen LogP contribution in [0.2, 0.25) is 0 Å². The lowest BCUT2D eigenvalue weighted by atomic mass is 9.99. The molecule has 0 radical (unpaired) electrons. The summed E-state index contributed by atoms with van der Waals surface area (Å²) in [6.07, 6.45) is -2.85. The zero-order valence-electron chi connectivity index (χ0n) is 19.2. The van der Waals surface area contributed by atoms with Gasteiger partial charge in [0.2, 0.25) is 0 Å². The average Bonchev–Trinajstić information content (AvgIpc) is 3.53. The van der Waals surface area contributed by atoms with Crippen molar-refractivity contribution in [2.24, 2.45) is 0 Å². The molecule has 0 bridgehead atoms. The smallest absolute Gasteiger partial charge is 0.471 e. The van der Waals surface area contributed by atoms with E-state index in [1.807, 2.05) is 60.7 Å². The molecule has 0 saturated heterocycles. The van der Waals surface area contributed by atoms with Crippen molar-refractivity contribution in [2.45, 2.75) is 43.7 Å². The summed E-state index contributed by atoms with van der Waals surface area (Å²) in [7, 11) is 0. The predicted molar refractivity (Wildman–Crippen MR) is 128 cm³/mol. The van der Waals surface area contributed by atoms with Crippen LogP contribution in [0, 0.1) is 0 Å². The summed E-state index contributed by atoms with van der Waals surface area (Å²) in [6.45, 7) is -0.0829. The molecular formula is C27H24F3N3O3. The van der Waals surface area contributed by atoms with Crippen LogP contribution >= 0.6 is 0 Å². The number of carbonyl (C=O) groups excluding carboxylic acids is 1. The number of rotatable bonds is 8. The van der Waals surface area contributed by atoms with Crippen LogP contribution in [0.3, 0.4) is 0 Å². The fraction of sp³-hybridized carbons (Fsp3) is 0.259. The van der Waals surface area contributed by atoms with E-state index in [-0.39, 0.29) is 6.61 Å². The minimum Gasteiger partial charge on any atom is -0.488 e. The maximum Gasteiger partial charge on any atom is 0.471 e. The van der Waals surface area contributed by atoms with Gasteiger partial charge in [-0.25, -0.2) is 4.68 Å². The third-order valence-corrected chi connectivity index (χ3v) is 6.44. The third kappa shape index (κ3) is 4.92. The Hall–Kier alpha value is -3.85. The lowest BCUT2D eigenvalue weighted by molar-refractivity contribution is -0.175. The number of nitrogens with zero attached hydrogens (tertiary/aromatic N) is 2. The zero-order chi connectivity index (χ0) is 25.3. The molecule has 1 aliphatic rings. The number of aliphatic hydroxyl groups excluding tert-OH is 1. The van der Waals surface area contributed by atoms with Gasteiger partial charge in [0.25, 0.3) is 0 Å². The number of aliphatic hydroxyl groups is 1. The highest BCUT2D eigenvalue weighted by molar-refractivity contribution is 5.83. The summed E-state index contributed by atoms with van der Waals surface area (Å²) in [5.74, 6) is -1.48. The molecule has 9 heteroatoms. The van der Waals surface area contributed by atoms with E-state index >= 15 is 0 Å². The van der Waals surface area contributed by atoms with Gasteiger partial charge < -0.3 is 15.2 Å². The lowest BCUT2D eigenvalue weighted by Gasteiger charge is -2.29. The molecule has 186 valence electrons. The van der Waals surface area contributed by atoms with E-state index in [2.05, 4.69) is 10.4 Å². The molecule has 36 heavy (non-hydrogen) atoms. The van der Waals surface area contributed by atoms with Gasteiger partial charge in [-0.05, 0) is 54.3 Å². The van der Waals surface area contributed by atoms with Crippen LogP contribution in [-0.4, -0.2) is 38.6 Å². The minimum atomic E-state index is -4.96. The molecule has 5 rings (SSSR count). The molecule has 3 aromatic carbocycles. The number of halogens is 3. The summed E-state index contributed by atoms with van der Waals surface area (Å²) < 4.78 is 47.0. The van der Waals surface area contributed by atoms with E-state index in [0.29, 0.717) is 25.0 Å². The zero-order valence-corrected chi connectivity index (χ0v) is 19.2. The van der Waals surface area contributed by atoms with Crippen molar-refractivity contribution in [3.8, 4) is 11.4 Å². The quantitative estimate of drug-likeness (QED) is 0.371. The molecule has 1 heterocycles. The minimum absolute atomic E-state index is 0.0829. The molecule has 4 aromatic rings. The van der Waals surface area contributed by atoms with Crippen molar-refractivity contribution in [3.63, 3.8) is 0 Å². The molecule has 0 spiro atoms. The first kappa shape index (κ1) is 23.9. The molecule has 1 unspecified atom stereocenters. The summed E-state index contributed by atoms with van der Waals surface area (Å²) in [5.41, 5.74) is 2.16. The summed E-state index contributed by atoms with van der Waals surface area (Å²) in [4.78, 5) is 11.8. The fourth-order valence-corrected chi connectivity index (χ4v) is 4.38. The largest absolute Gasteiger partial charge is 0.488 e. The first-order chi connectivity index (χ1) is 17.3. The SMILES string of the molecule is O=C(NC1(C(Cc2ccccc2)Oc2ccc3c(cnn3-c3cccc(CO)c3)c2)CC1)C(F)(F)F. The number of hydrogen-bond acceptors (Lipinski definition) is 4. The van der Waals surface area contributed by atoms with Crippen molar-refractivity contribution >= 4 is 16.8 Å². The Labute approximate surface area is 205 Å². The first-order valence-corrected chi connectivity index (χ1v) is 11.6. The molecular weight excluding hydrogens is 471 g/mol. The van der Waals surface area contributed by atoms with Crippen molar-refractivity contribution in [1.82, 2.24) is 15.1 Å². The molecule has 2 N–H and O–H groups in total. The van der Waals surface area contributed by atoms with Crippen molar-refractivity contribution in [2.75, 3.05) is 0 Å². The third-order valence-electron chi connectivity index (χ3n) is 6.44. The van der Waals surface area contributed by atoms with Crippen LogP contribution in [0.15, 0.2) is 79.0 Å². The van der Waals surface area contributed by atoms with Gasteiger partial charge in [0.05, 0.1) is 29.5 Å². The molecule has 1 aromatic heterocycles. The Morgan fingerprint density at radius 3 is 2.50 bits per heavy atom. The average molecular weight is 496 g/mol. The van der Waals surface area contributed by atoms with Gasteiger partial charge >= 0.3 is 12.1 Å². The number of benzene rings is 3. The van der Waals surface area contributed by atoms with Gasteiger partial charge in [-0.1, -0.05) is 42.5 Å². The molecule has 1 aliphatic carbocycles. The standard InChI is InChI=1S/C27H24F3N3O3/c28-27(29,30)25(35)32-26(11-12-26)24(14-18-5-2-1-3-6-18)36-22-9-10-23-20(15-22)16-31-33(23)21-8-4-7-19(13-21)17-34/h1-10,13,15-16,24,34H,11-12,14,17H2,(H,32,35). The van der Waals surface area contributed by atoms with Crippen molar-refractivity contribution in [1.29, 1.82) is 0 Å². The highest BCUT2D eigenvalue weighted by Gasteiger charge is 2.55. The normalized spacial score (nSPS) is 15.4. The number of amides is 1. The van der Waals surface area contributed by atoms with E-state index in [9.17, 15) is 23.1 Å². The molecule has 6 nitrogen and oxygen atoms in total.